The third-order valence-corrected chi connectivity index (χ3v) is 2.51. The molecule has 0 aromatic heterocycles. The van der Waals surface area contributed by atoms with E-state index in [-0.39, 0.29) is 0 Å². The van der Waals surface area contributed by atoms with E-state index in [9.17, 15) is 9.90 Å². The molecule has 0 aliphatic rings. The van der Waals surface area contributed by atoms with Crippen LogP contribution < -0.4 is 0 Å². The Kier molecular flexibility index (Phi) is 2.91. The Morgan fingerprint density at radius 1 is 1.29 bits per heavy atom. The molecule has 14 heavy (non-hydrogen) atoms. The number of aliphatic hydroxyl groups is 1. The first-order valence-electron chi connectivity index (χ1n) is 4.46. The Balaban J connectivity index is 3.33. The maximum Gasteiger partial charge on any atom is 0.335 e. The molecule has 0 radical (unpaired) electrons. The highest BCUT2D eigenvalue weighted by Crippen LogP contribution is 2.22. The van der Waals surface area contributed by atoms with Gasteiger partial charge in [-0.2, -0.15) is 0 Å². The van der Waals surface area contributed by atoms with Gasteiger partial charge in [-0.15, -0.1) is 0 Å². The molecule has 0 fully saturated rings. The fourth-order valence-electron chi connectivity index (χ4n) is 1.53. The van der Waals surface area contributed by atoms with Crippen LogP contribution in [0.5, 0.6) is 0 Å². The van der Waals surface area contributed by atoms with Gasteiger partial charge in [0.1, 0.15) is 0 Å². The van der Waals surface area contributed by atoms with Crippen molar-refractivity contribution in [3.63, 3.8) is 0 Å². The van der Waals surface area contributed by atoms with E-state index < -0.39 is 12.1 Å². The maximum atomic E-state index is 10.8. The fraction of sp³-hybridized carbons (Fsp3) is 0.364. The van der Waals surface area contributed by atoms with Gasteiger partial charge in [-0.3, -0.25) is 0 Å². The van der Waals surface area contributed by atoms with Crippen LogP contribution in [0.1, 0.15) is 40.1 Å². The smallest absolute Gasteiger partial charge is 0.335 e. The topological polar surface area (TPSA) is 57.5 Å². The Hall–Kier alpha value is -1.35. The van der Waals surface area contributed by atoms with Crippen molar-refractivity contribution >= 4 is 5.97 Å². The minimum absolute atomic E-state index is 0.298. The lowest BCUT2D eigenvalue weighted by atomic mass is 9.95. The number of rotatable bonds is 2. The van der Waals surface area contributed by atoms with Gasteiger partial charge in [0, 0.05) is 0 Å². The minimum Gasteiger partial charge on any atom is -0.478 e. The average molecular weight is 194 g/mol. The zero-order valence-electron chi connectivity index (χ0n) is 8.53. The molecule has 1 atom stereocenters. The van der Waals surface area contributed by atoms with E-state index in [0.29, 0.717) is 5.56 Å². The van der Waals surface area contributed by atoms with Gasteiger partial charge in [-0.05, 0) is 43.5 Å². The summed E-state index contributed by atoms with van der Waals surface area (Å²) in [5.41, 5.74) is 2.65. The zero-order valence-corrected chi connectivity index (χ0v) is 8.53. The van der Waals surface area contributed by atoms with E-state index in [1.807, 2.05) is 6.92 Å². The highest BCUT2D eigenvalue weighted by atomic mass is 16.4. The number of carbonyl (C=O) groups is 1. The van der Waals surface area contributed by atoms with Crippen LogP contribution in [0.4, 0.5) is 0 Å². The predicted molar refractivity (Wildman–Crippen MR) is 53.5 cm³/mol. The molecular formula is C11H14O3. The van der Waals surface area contributed by atoms with Crippen LogP contribution in [-0.4, -0.2) is 16.2 Å². The van der Waals surface area contributed by atoms with Crippen LogP contribution in [-0.2, 0) is 0 Å². The van der Waals surface area contributed by atoms with E-state index >= 15 is 0 Å². The van der Waals surface area contributed by atoms with Crippen molar-refractivity contribution in [1.82, 2.24) is 0 Å². The lowest BCUT2D eigenvalue weighted by molar-refractivity contribution is 0.0695. The highest BCUT2D eigenvalue weighted by molar-refractivity contribution is 5.89. The van der Waals surface area contributed by atoms with Crippen LogP contribution in [0, 0.1) is 13.8 Å². The van der Waals surface area contributed by atoms with Gasteiger partial charge in [0.05, 0.1) is 11.7 Å². The number of hydrogen-bond donors (Lipinski definition) is 2. The molecule has 0 aliphatic carbocycles. The number of carboxylic acids is 1. The quantitative estimate of drug-likeness (QED) is 0.757. The van der Waals surface area contributed by atoms with Crippen molar-refractivity contribution in [2.24, 2.45) is 0 Å². The first-order valence-corrected chi connectivity index (χ1v) is 4.46. The molecule has 0 amide bonds. The van der Waals surface area contributed by atoms with Crippen molar-refractivity contribution in [1.29, 1.82) is 0 Å². The molecule has 2 N–H and O–H groups in total. The SMILES string of the molecule is Cc1c(C(=O)O)ccc([C@H](C)O)c1C. The molecule has 0 spiro atoms. The Morgan fingerprint density at radius 2 is 1.86 bits per heavy atom. The number of benzene rings is 1. The molecule has 0 saturated heterocycles. The molecule has 0 aliphatic heterocycles. The average Bonchev–Trinajstić information content (AvgIpc) is 2.08. The molecule has 3 heteroatoms. The molecule has 1 aromatic carbocycles. The van der Waals surface area contributed by atoms with Crippen LogP contribution in [0.3, 0.4) is 0 Å². The van der Waals surface area contributed by atoms with Gasteiger partial charge < -0.3 is 10.2 Å². The summed E-state index contributed by atoms with van der Waals surface area (Å²) in [6.07, 6.45) is -0.559. The fourth-order valence-corrected chi connectivity index (χ4v) is 1.53. The molecular weight excluding hydrogens is 180 g/mol. The first kappa shape index (κ1) is 10.7. The molecule has 0 unspecified atom stereocenters. The van der Waals surface area contributed by atoms with Gasteiger partial charge in [-0.25, -0.2) is 4.79 Å². The summed E-state index contributed by atoms with van der Waals surface area (Å²) >= 11 is 0. The number of hydrogen-bond acceptors (Lipinski definition) is 2. The minimum atomic E-state index is -0.928. The van der Waals surface area contributed by atoms with E-state index in [0.717, 1.165) is 16.7 Å². The van der Waals surface area contributed by atoms with Crippen molar-refractivity contribution < 1.29 is 15.0 Å². The molecule has 76 valence electrons. The van der Waals surface area contributed by atoms with Crippen molar-refractivity contribution in [3.8, 4) is 0 Å². The first-order chi connectivity index (χ1) is 6.45. The summed E-state index contributed by atoms with van der Waals surface area (Å²) in [4.78, 5) is 10.8. The third-order valence-electron chi connectivity index (χ3n) is 2.51. The molecule has 1 aromatic rings. The van der Waals surface area contributed by atoms with Crippen LogP contribution in [0.25, 0.3) is 0 Å². The molecule has 3 nitrogen and oxygen atoms in total. The Bertz CT molecular complexity index is 367. The summed E-state index contributed by atoms with van der Waals surface area (Å²) in [7, 11) is 0. The Labute approximate surface area is 83.0 Å². The highest BCUT2D eigenvalue weighted by Gasteiger charge is 2.13. The maximum absolute atomic E-state index is 10.8. The number of aliphatic hydroxyl groups excluding tert-OH is 1. The number of carboxylic acid groups (broad SMARTS) is 1. The lowest BCUT2D eigenvalue weighted by Gasteiger charge is -2.12. The summed E-state index contributed by atoms with van der Waals surface area (Å²) < 4.78 is 0. The summed E-state index contributed by atoms with van der Waals surface area (Å²) in [5, 5.41) is 18.3. The zero-order chi connectivity index (χ0) is 10.9. The second-order valence-electron chi connectivity index (χ2n) is 3.43. The van der Waals surface area contributed by atoms with Gasteiger partial charge in [-0.1, -0.05) is 6.07 Å². The van der Waals surface area contributed by atoms with E-state index in [1.54, 1.807) is 19.9 Å². The normalized spacial score (nSPS) is 12.6. The second kappa shape index (κ2) is 3.80. The number of aromatic carboxylic acids is 1. The lowest BCUT2D eigenvalue weighted by Crippen LogP contribution is -2.05. The van der Waals surface area contributed by atoms with E-state index in [2.05, 4.69) is 0 Å². The summed E-state index contributed by atoms with van der Waals surface area (Å²) in [6, 6.07) is 3.20. The summed E-state index contributed by atoms with van der Waals surface area (Å²) in [6.45, 7) is 5.25. The van der Waals surface area contributed by atoms with Crippen LogP contribution in [0.15, 0.2) is 12.1 Å². The second-order valence-corrected chi connectivity index (χ2v) is 3.43. The molecule has 0 heterocycles. The van der Waals surface area contributed by atoms with E-state index in [1.165, 1.54) is 6.07 Å². The van der Waals surface area contributed by atoms with Crippen LogP contribution >= 0.6 is 0 Å². The van der Waals surface area contributed by atoms with E-state index in [4.69, 9.17) is 5.11 Å². The summed E-state index contributed by atoms with van der Waals surface area (Å²) in [5.74, 6) is -0.928. The third kappa shape index (κ3) is 1.77. The largest absolute Gasteiger partial charge is 0.478 e. The monoisotopic (exact) mass is 194 g/mol. The Morgan fingerprint density at radius 3 is 2.29 bits per heavy atom. The van der Waals surface area contributed by atoms with Gasteiger partial charge in [0.25, 0.3) is 0 Å². The van der Waals surface area contributed by atoms with Crippen molar-refractivity contribution in [3.05, 3.63) is 34.4 Å². The predicted octanol–water partition coefficient (Wildman–Crippen LogP) is 2.05. The molecule has 0 saturated carbocycles. The molecule has 0 bridgehead atoms. The van der Waals surface area contributed by atoms with Gasteiger partial charge in [0.2, 0.25) is 0 Å². The van der Waals surface area contributed by atoms with Gasteiger partial charge in [0.15, 0.2) is 0 Å². The standard InChI is InChI=1S/C11H14O3/c1-6-7(2)10(11(13)14)5-4-9(6)8(3)12/h4-5,8,12H,1-3H3,(H,13,14)/t8-/m0/s1. The van der Waals surface area contributed by atoms with Crippen LogP contribution in [0.2, 0.25) is 0 Å². The van der Waals surface area contributed by atoms with Crippen molar-refractivity contribution in [2.45, 2.75) is 26.9 Å². The van der Waals surface area contributed by atoms with Crippen molar-refractivity contribution in [2.75, 3.05) is 0 Å². The molecule has 1 rings (SSSR count). The van der Waals surface area contributed by atoms with Gasteiger partial charge >= 0.3 is 5.97 Å².